The molecule has 2 N–H and O–H groups in total. The van der Waals surface area contributed by atoms with Gasteiger partial charge in [0, 0.05) is 35.1 Å². The van der Waals surface area contributed by atoms with Gasteiger partial charge >= 0.3 is 5.69 Å². The zero-order valence-corrected chi connectivity index (χ0v) is 15.7. The minimum absolute atomic E-state index is 0.240. The van der Waals surface area contributed by atoms with Crippen molar-refractivity contribution in [2.24, 2.45) is 0 Å². The van der Waals surface area contributed by atoms with Crippen molar-refractivity contribution in [2.45, 2.75) is 0 Å². The first-order chi connectivity index (χ1) is 13.4. The van der Waals surface area contributed by atoms with Crippen molar-refractivity contribution >= 4 is 23.2 Å². The average Bonchev–Trinajstić information content (AvgIpc) is 2.69. The van der Waals surface area contributed by atoms with Gasteiger partial charge in [0.25, 0.3) is 11.5 Å². The Bertz CT molecular complexity index is 1110. The van der Waals surface area contributed by atoms with Gasteiger partial charge < -0.3 is 19.8 Å². The molecule has 0 spiro atoms. The predicted octanol–water partition coefficient (Wildman–Crippen LogP) is 2.45. The van der Waals surface area contributed by atoms with Crippen molar-refractivity contribution in [1.29, 1.82) is 0 Å². The van der Waals surface area contributed by atoms with Crippen LogP contribution in [0.1, 0.15) is 10.4 Å². The number of methoxy groups -OCH3 is 2. The van der Waals surface area contributed by atoms with Gasteiger partial charge in [-0.15, -0.1) is 0 Å². The van der Waals surface area contributed by atoms with Gasteiger partial charge in [0.05, 0.1) is 19.9 Å². The molecule has 0 radical (unpaired) electrons. The number of H-pyrrole nitrogens is 1. The Morgan fingerprint density at radius 2 is 1.64 bits per heavy atom. The summed E-state index contributed by atoms with van der Waals surface area (Å²) in [7, 11) is 2.96. The van der Waals surface area contributed by atoms with Gasteiger partial charge in [-0.25, -0.2) is 9.36 Å². The number of ether oxygens (including phenoxy) is 2. The van der Waals surface area contributed by atoms with Crippen molar-refractivity contribution < 1.29 is 14.3 Å². The lowest BCUT2D eigenvalue weighted by atomic mass is 10.2. The number of aromatic nitrogens is 2. The maximum atomic E-state index is 12.8. The van der Waals surface area contributed by atoms with E-state index in [0.29, 0.717) is 22.2 Å². The summed E-state index contributed by atoms with van der Waals surface area (Å²) < 4.78 is 11.2. The third kappa shape index (κ3) is 3.91. The highest BCUT2D eigenvalue weighted by molar-refractivity contribution is 6.30. The third-order valence-corrected chi connectivity index (χ3v) is 4.17. The summed E-state index contributed by atoms with van der Waals surface area (Å²) in [6, 6.07) is 10.9. The molecule has 0 bridgehead atoms. The first-order valence-corrected chi connectivity index (χ1v) is 8.46. The Labute approximate surface area is 164 Å². The van der Waals surface area contributed by atoms with Gasteiger partial charge in [0.15, 0.2) is 0 Å². The fourth-order valence-electron chi connectivity index (χ4n) is 2.54. The maximum absolute atomic E-state index is 12.8. The molecule has 0 aliphatic carbocycles. The van der Waals surface area contributed by atoms with Gasteiger partial charge in [-0.1, -0.05) is 11.6 Å². The van der Waals surface area contributed by atoms with Crippen LogP contribution in [-0.4, -0.2) is 29.7 Å². The minimum Gasteiger partial charge on any atom is -0.497 e. The van der Waals surface area contributed by atoms with E-state index in [1.165, 1.54) is 38.5 Å². The van der Waals surface area contributed by atoms with Crippen molar-refractivity contribution in [3.05, 3.63) is 80.1 Å². The molecule has 9 heteroatoms. The molecule has 1 amide bonds. The van der Waals surface area contributed by atoms with Crippen molar-refractivity contribution in [2.75, 3.05) is 19.5 Å². The number of anilines is 1. The summed E-state index contributed by atoms with van der Waals surface area (Å²) in [5.74, 6) is 0.239. The van der Waals surface area contributed by atoms with Crippen LogP contribution >= 0.6 is 11.6 Å². The van der Waals surface area contributed by atoms with E-state index in [2.05, 4.69) is 10.3 Å². The molecule has 144 valence electrons. The standard InChI is InChI=1S/C19H16ClN3O5/c1-27-14-7-12(8-15(9-14)28-2)22-17(24)16-10-21-19(26)23(18(16)25)13-5-3-11(20)4-6-13/h3-10H,1-2H3,(H,21,26)(H,22,24). The van der Waals surface area contributed by atoms with Crippen molar-refractivity contribution in [3.8, 4) is 17.2 Å². The predicted molar refractivity (Wildman–Crippen MR) is 105 cm³/mol. The van der Waals surface area contributed by atoms with Crippen molar-refractivity contribution in [1.82, 2.24) is 9.55 Å². The van der Waals surface area contributed by atoms with E-state index < -0.39 is 17.2 Å². The van der Waals surface area contributed by atoms with Crippen LogP contribution in [0, 0.1) is 0 Å². The molecule has 3 aromatic rings. The van der Waals surface area contributed by atoms with E-state index in [1.807, 2.05) is 0 Å². The topological polar surface area (TPSA) is 102 Å². The lowest BCUT2D eigenvalue weighted by molar-refractivity contribution is 0.102. The van der Waals surface area contributed by atoms with Gasteiger partial charge in [-0.2, -0.15) is 0 Å². The summed E-state index contributed by atoms with van der Waals surface area (Å²) >= 11 is 5.84. The van der Waals surface area contributed by atoms with Crippen LogP contribution < -0.4 is 26.0 Å². The second kappa shape index (κ2) is 8.01. The van der Waals surface area contributed by atoms with Crippen LogP contribution in [0.15, 0.2) is 58.3 Å². The number of hydrogen-bond acceptors (Lipinski definition) is 5. The average molecular weight is 402 g/mol. The highest BCUT2D eigenvalue weighted by Gasteiger charge is 2.16. The molecular weight excluding hydrogens is 386 g/mol. The summed E-state index contributed by atoms with van der Waals surface area (Å²) in [5, 5.41) is 3.05. The highest BCUT2D eigenvalue weighted by atomic mass is 35.5. The number of aromatic amines is 1. The molecule has 0 fully saturated rings. The number of halogens is 1. The Balaban J connectivity index is 1.99. The summed E-state index contributed by atoms with van der Waals surface area (Å²) in [6.07, 6.45) is 1.07. The molecule has 28 heavy (non-hydrogen) atoms. The smallest absolute Gasteiger partial charge is 0.333 e. The fourth-order valence-corrected chi connectivity index (χ4v) is 2.66. The van der Waals surface area contributed by atoms with Gasteiger partial charge in [-0.05, 0) is 24.3 Å². The second-order valence-corrected chi connectivity index (χ2v) is 6.12. The summed E-state index contributed by atoms with van der Waals surface area (Å²) in [6.45, 7) is 0. The first-order valence-electron chi connectivity index (χ1n) is 8.08. The number of carbonyl (C=O) groups excluding carboxylic acids is 1. The number of rotatable bonds is 5. The quantitative estimate of drug-likeness (QED) is 0.683. The summed E-state index contributed by atoms with van der Waals surface area (Å²) in [5.41, 5.74) is -1.03. The Morgan fingerprint density at radius 1 is 1.04 bits per heavy atom. The van der Waals surface area contributed by atoms with Crippen LogP contribution in [0.4, 0.5) is 5.69 Å². The van der Waals surface area contributed by atoms with Crippen LogP contribution in [0.3, 0.4) is 0 Å². The molecule has 0 aliphatic heterocycles. The Kier molecular flexibility index (Phi) is 5.51. The van der Waals surface area contributed by atoms with Crippen LogP contribution in [-0.2, 0) is 0 Å². The molecule has 3 rings (SSSR count). The first kappa shape index (κ1) is 19.2. The lowest BCUT2D eigenvalue weighted by Crippen LogP contribution is -2.38. The molecule has 0 aliphatic rings. The minimum atomic E-state index is -0.765. The maximum Gasteiger partial charge on any atom is 0.333 e. The fraction of sp³-hybridized carbons (Fsp3) is 0.105. The van der Waals surface area contributed by atoms with Crippen LogP contribution in [0.25, 0.3) is 5.69 Å². The number of nitrogens with one attached hydrogen (secondary N) is 2. The number of carbonyl (C=O) groups is 1. The highest BCUT2D eigenvalue weighted by Crippen LogP contribution is 2.25. The van der Waals surface area contributed by atoms with E-state index in [4.69, 9.17) is 21.1 Å². The molecule has 1 aromatic heterocycles. The summed E-state index contributed by atoms with van der Waals surface area (Å²) in [4.78, 5) is 39.9. The Morgan fingerprint density at radius 3 is 2.21 bits per heavy atom. The number of hydrogen-bond donors (Lipinski definition) is 2. The van der Waals surface area contributed by atoms with Crippen LogP contribution in [0.2, 0.25) is 5.02 Å². The zero-order chi connectivity index (χ0) is 20.3. The molecule has 0 unspecified atom stereocenters. The van der Waals surface area contributed by atoms with E-state index in [1.54, 1.807) is 18.2 Å². The van der Waals surface area contributed by atoms with Crippen LogP contribution in [0.5, 0.6) is 11.5 Å². The number of amides is 1. The zero-order valence-electron chi connectivity index (χ0n) is 15.0. The molecule has 8 nitrogen and oxygen atoms in total. The van der Waals surface area contributed by atoms with E-state index in [9.17, 15) is 14.4 Å². The second-order valence-electron chi connectivity index (χ2n) is 5.68. The number of nitrogens with zero attached hydrogens (tertiary/aromatic N) is 1. The molecule has 0 saturated heterocycles. The van der Waals surface area contributed by atoms with Gasteiger partial charge in [-0.3, -0.25) is 9.59 Å². The van der Waals surface area contributed by atoms with Crippen molar-refractivity contribution in [3.63, 3.8) is 0 Å². The molecule has 1 heterocycles. The van der Waals surface area contributed by atoms with Gasteiger partial charge in [0.1, 0.15) is 17.1 Å². The molecular formula is C19H16ClN3O5. The normalized spacial score (nSPS) is 10.4. The monoisotopic (exact) mass is 401 g/mol. The SMILES string of the molecule is COc1cc(NC(=O)c2c[nH]c(=O)n(-c3ccc(Cl)cc3)c2=O)cc(OC)c1. The number of benzene rings is 2. The van der Waals surface area contributed by atoms with E-state index in [0.717, 1.165) is 10.8 Å². The van der Waals surface area contributed by atoms with Gasteiger partial charge in [0.2, 0.25) is 0 Å². The molecule has 2 aromatic carbocycles. The largest absolute Gasteiger partial charge is 0.497 e. The van der Waals surface area contributed by atoms with E-state index >= 15 is 0 Å². The molecule has 0 saturated carbocycles. The Hall–Kier alpha value is -3.52. The van der Waals surface area contributed by atoms with E-state index in [-0.39, 0.29) is 11.3 Å². The molecule has 0 atom stereocenters. The lowest BCUT2D eigenvalue weighted by Gasteiger charge is -2.10. The third-order valence-electron chi connectivity index (χ3n) is 3.92.